The number of benzene rings is 1. The van der Waals surface area contributed by atoms with Crippen LogP contribution in [0.3, 0.4) is 0 Å². The van der Waals surface area contributed by atoms with Gasteiger partial charge in [0.15, 0.2) is 0 Å². The fourth-order valence-corrected chi connectivity index (χ4v) is 2.42. The van der Waals surface area contributed by atoms with Gasteiger partial charge in [0, 0.05) is 5.92 Å². The minimum absolute atomic E-state index is 0.0915. The molecule has 0 aliphatic heterocycles. The van der Waals surface area contributed by atoms with Crippen molar-refractivity contribution in [2.45, 2.75) is 38.9 Å². The molecule has 0 saturated heterocycles. The van der Waals surface area contributed by atoms with Crippen LogP contribution in [0.2, 0.25) is 0 Å². The number of carbonyl (C=O) groups excluding carboxylic acids is 1. The molecule has 18 heavy (non-hydrogen) atoms. The van der Waals surface area contributed by atoms with Crippen molar-refractivity contribution in [2.24, 2.45) is 11.8 Å². The van der Waals surface area contributed by atoms with Crippen molar-refractivity contribution in [2.75, 3.05) is 0 Å². The number of carbonyl (C=O) groups is 1. The molecule has 1 unspecified atom stereocenters. The first-order valence-corrected chi connectivity index (χ1v) is 6.61. The van der Waals surface area contributed by atoms with E-state index in [1.807, 2.05) is 6.07 Å². The van der Waals surface area contributed by atoms with Crippen molar-refractivity contribution in [1.82, 2.24) is 0 Å². The molecule has 98 valence electrons. The van der Waals surface area contributed by atoms with Gasteiger partial charge in [-0.3, -0.25) is 0 Å². The molecule has 1 aliphatic rings. The highest BCUT2D eigenvalue weighted by Gasteiger charge is 2.27. The van der Waals surface area contributed by atoms with Gasteiger partial charge in [0.1, 0.15) is 0 Å². The Balaban J connectivity index is 1.87. The third-order valence-electron chi connectivity index (χ3n) is 3.70. The van der Waals surface area contributed by atoms with Gasteiger partial charge < -0.3 is 9.84 Å². The number of aliphatic hydroxyl groups is 1. The molecule has 1 atom stereocenters. The van der Waals surface area contributed by atoms with Crippen LogP contribution in [0.15, 0.2) is 30.3 Å². The smallest absolute Gasteiger partial charge is 0.340 e. The maximum absolute atomic E-state index is 11.8. The average molecular weight is 248 g/mol. The normalized spacial score (nSPS) is 25.4. The number of ether oxygens (including phenoxy) is 1. The van der Waals surface area contributed by atoms with Crippen molar-refractivity contribution >= 4 is 5.97 Å². The summed E-state index contributed by atoms with van der Waals surface area (Å²) < 4.78 is 5.13. The lowest BCUT2D eigenvalue weighted by Crippen LogP contribution is -2.29. The highest BCUT2D eigenvalue weighted by atomic mass is 16.6. The van der Waals surface area contributed by atoms with Gasteiger partial charge in [-0.15, -0.1) is 0 Å². The Morgan fingerprint density at radius 1 is 1.22 bits per heavy atom. The Hall–Kier alpha value is -1.35. The van der Waals surface area contributed by atoms with E-state index in [0.29, 0.717) is 5.56 Å². The molecule has 0 amide bonds. The van der Waals surface area contributed by atoms with E-state index in [0.717, 1.165) is 31.6 Å². The second-order valence-electron chi connectivity index (χ2n) is 5.18. The first-order valence-electron chi connectivity index (χ1n) is 6.61. The van der Waals surface area contributed by atoms with Gasteiger partial charge in [-0.25, -0.2) is 4.79 Å². The molecule has 0 heterocycles. The van der Waals surface area contributed by atoms with Crippen LogP contribution in [0, 0.1) is 11.8 Å². The van der Waals surface area contributed by atoms with Gasteiger partial charge in [-0.2, -0.15) is 0 Å². The van der Waals surface area contributed by atoms with Crippen LogP contribution in [0.1, 0.15) is 43.0 Å². The van der Waals surface area contributed by atoms with E-state index in [1.165, 1.54) is 0 Å². The number of rotatable bonds is 3. The molecule has 1 fully saturated rings. The molecular formula is C15H20O3. The van der Waals surface area contributed by atoms with E-state index in [4.69, 9.17) is 4.74 Å². The highest BCUT2D eigenvalue weighted by Crippen LogP contribution is 2.31. The lowest BCUT2D eigenvalue weighted by atomic mass is 9.83. The summed E-state index contributed by atoms with van der Waals surface area (Å²) in [5.41, 5.74) is 0.487. The maximum atomic E-state index is 11.8. The standard InChI is InChI=1S/C15H20O3/c1-11-7-9-13(10-8-11)15(17)18-14(16)12-5-3-2-4-6-12/h2-6,11,13,15,17H,7-10H2,1H3. The minimum atomic E-state index is -0.967. The predicted molar refractivity (Wildman–Crippen MR) is 69.0 cm³/mol. The Labute approximate surface area is 108 Å². The quantitative estimate of drug-likeness (QED) is 0.660. The Kier molecular flexibility index (Phi) is 4.37. The predicted octanol–water partition coefficient (Wildman–Crippen LogP) is 2.99. The molecule has 2 rings (SSSR count). The van der Waals surface area contributed by atoms with E-state index in [9.17, 15) is 9.90 Å². The van der Waals surface area contributed by atoms with E-state index in [-0.39, 0.29) is 5.92 Å². The zero-order chi connectivity index (χ0) is 13.0. The maximum Gasteiger partial charge on any atom is 0.340 e. The van der Waals surface area contributed by atoms with Crippen LogP contribution < -0.4 is 0 Å². The molecule has 1 aliphatic carbocycles. The molecule has 0 bridgehead atoms. The topological polar surface area (TPSA) is 46.5 Å². The molecule has 0 aromatic heterocycles. The largest absolute Gasteiger partial charge is 0.432 e. The second-order valence-corrected chi connectivity index (χ2v) is 5.18. The molecule has 1 aromatic rings. The van der Waals surface area contributed by atoms with E-state index < -0.39 is 12.3 Å². The van der Waals surface area contributed by atoms with Crippen LogP contribution in [0.4, 0.5) is 0 Å². The molecule has 1 saturated carbocycles. The lowest BCUT2D eigenvalue weighted by Gasteiger charge is -2.29. The fraction of sp³-hybridized carbons (Fsp3) is 0.533. The van der Waals surface area contributed by atoms with Crippen LogP contribution >= 0.6 is 0 Å². The first kappa shape index (κ1) is 13.1. The van der Waals surface area contributed by atoms with Gasteiger partial charge >= 0.3 is 5.97 Å². The Morgan fingerprint density at radius 3 is 2.44 bits per heavy atom. The van der Waals surface area contributed by atoms with Crippen molar-refractivity contribution in [3.63, 3.8) is 0 Å². The molecular weight excluding hydrogens is 228 g/mol. The molecule has 1 aromatic carbocycles. The zero-order valence-electron chi connectivity index (χ0n) is 10.7. The molecule has 0 spiro atoms. The summed E-state index contributed by atoms with van der Waals surface area (Å²) in [4.78, 5) is 11.8. The minimum Gasteiger partial charge on any atom is -0.432 e. The summed E-state index contributed by atoms with van der Waals surface area (Å²) in [6.07, 6.45) is 3.11. The lowest BCUT2D eigenvalue weighted by molar-refractivity contribution is -0.108. The average Bonchev–Trinajstić information content (AvgIpc) is 2.40. The third kappa shape index (κ3) is 3.33. The first-order chi connectivity index (χ1) is 8.66. The van der Waals surface area contributed by atoms with E-state index in [2.05, 4.69) is 6.92 Å². The van der Waals surface area contributed by atoms with E-state index >= 15 is 0 Å². The summed E-state index contributed by atoms with van der Waals surface area (Å²) >= 11 is 0. The van der Waals surface area contributed by atoms with Crippen molar-refractivity contribution in [3.8, 4) is 0 Å². The van der Waals surface area contributed by atoms with Crippen LogP contribution in [-0.2, 0) is 4.74 Å². The Bertz CT molecular complexity index is 380. The van der Waals surface area contributed by atoms with Gasteiger partial charge in [-0.05, 0) is 30.9 Å². The molecule has 3 heteroatoms. The number of hydrogen-bond donors (Lipinski definition) is 1. The number of hydrogen-bond acceptors (Lipinski definition) is 3. The van der Waals surface area contributed by atoms with Gasteiger partial charge in [0.25, 0.3) is 0 Å². The zero-order valence-corrected chi connectivity index (χ0v) is 10.7. The van der Waals surface area contributed by atoms with Crippen LogP contribution in [0.5, 0.6) is 0 Å². The fourth-order valence-electron chi connectivity index (χ4n) is 2.42. The summed E-state index contributed by atoms with van der Waals surface area (Å²) in [5.74, 6) is 0.369. The number of aliphatic hydroxyl groups excluding tert-OH is 1. The molecule has 3 nitrogen and oxygen atoms in total. The SMILES string of the molecule is CC1CCC(C(O)OC(=O)c2ccccc2)CC1. The Morgan fingerprint density at radius 2 is 1.83 bits per heavy atom. The van der Waals surface area contributed by atoms with Crippen LogP contribution in [-0.4, -0.2) is 17.4 Å². The summed E-state index contributed by atoms with van der Waals surface area (Å²) in [6, 6.07) is 8.79. The van der Waals surface area contributed by atoms with Crippen LogP contribution in [0.25, 0.3) is 0 Å². The summed E-state index contributed by atoms with van der Waals surface area (Å²) in [7, 11) is 0. The van der Waals surface area contributed by atoms with Gasteiger partial charge in [0.2, 0.25) is 6.29 Å². The number of esters is 1. The monoisotopic (exact) mass is 248 g/mol. The van der Waals surface area contributed by atoms with E-state index in [1.54, 1.807) is 24.3 Å². The second kappa shape index (κ2) is 6.01. The highest BCUT2D eigenvalue weighted by molar-refractivity contribution is 5.89. The van der Waals surface area contributed by atoms with Gasteiger partial charge in [0.05, 0.1) is 5.56 Å². The van der Waals surface area contributed by atoms with Gasteiger partial charge in [-0.1, -0.05) is 38.0 Å². The van der Waals surface area contributed by atoms with Crippen molar-refractivity contribution in [1.29, 1.82) is 0 Å². The molecule has 0 radical (unpaired) electrons. The molecule has 1 N–H and O–H groups in total. The summed E-state index contributed by atoms with van der Waals surface area (Å²) in [6.45, 7) is 2.22. The van der Waals surface area contributed by atoms with Crippen molar-refractivity contribution in [3.05, 3.63) is 35.9 Å². The van der Waals surface area contributed by atoms with Crippen molar-refractivity contribution < 1.29 is 14.6 Å². The summed E-state index contributed by atoms with van der Waals surface area (Å²) in [5, 5.41) is 9.95. The third-order valence-corrected chi connectivity index (χ3v) is 3.70.